The molecule has 0 radical (unpaired) electrons. The van der Waals surface area contributed by atoms with Gasteiger partial charge in [-0.05, 0) is 68.0 Å². The molecule has 2 aliphatic rings. The molecule has 1 saturated carbocycles. The third-order valence-electron chi connectivity index (χ3n) is 6.42. The monoisotopic (exact) mass is 518 g/mol. The zero-order valence-corrected chi connectivity index (χ0v) is 21.5. The van der Waals surface area contributed by atoms with Crippen LogP contribution in [0.1, 0.15) is 61.0 Å². The van der Waals surface area contributed by atoms with E-state index in [-0.39, 0.29) is 29.2 Å². The predicted octanol–water partition coefficient (Wildman–Crippen LogP) is 3.86. The van der Waals surface area contributed by atoms with Crippen LogP contribution in [0.5, 0.6) is 0 Å². The van der Waals surface area contributed by atoms with Crippen molar-refractivity contribution in [2.45, 2.75) is 63.4 Å². The van der Waals surface area contributed by atoms with Gasteiger partial charge in [0.05, 0.1) is 5.69 Å². The Bertz CT molecular complexity index is 1230. The molecule has 1 fully saturated rings. The summed E-state index contributed by atoms with van der Waals surface area (Å²) in [7, 11) is -4.02. The van der Waals surface area contributed by atoms with Gasteiger partial charge in [-0.2, -0.15) is 0 Å². The normalized spacial score (nSPS) is 15.8. The molecule has 1 aliphatic carbocycles. The van der Waals surface area contributed by atoms with E-state index in [1.165, 1.54) is 18.2 Å². The van der Waals surface area contributed by atoms with E-state index < -0.39 is 10.0 Å². The standard InChI is InChI=1S/C25H31ClN4O4S/c1-16(2)30-12-11-19-13-18(5-8-21(19)25(30)32)15-27-22-14-20(26)7-9-23(22)35(33,34)29-28-24(31)10-6-17-3-4-17/h5,7-9,13-14,16-17,27,29H,3-4,6,10-12,15H2,1-2H3,(H,28,31). The number of amides is 2. The van der Waals surface area contributed by atoms with Crippen LogP contribution < -0.4 is 15.6 Å². The molecule has 188 valence electrons. The maximum Gasteiger partial charge on any atom is 0.259 e. The molecule has 35 heavy (non-hydrogen) atoms. The van der Waals surface area contributed by atoms with Crippen LogP contribution >= 0.6 is 11.6 Å². The van der Waals surface area contributed by atoms with Crippen molar-refractivity contribution in [1.82, 2.24) is 15.2 Å². The van der Waals surface area contributed by atoms with E-state index in [9.17, 15) is 18.0 Å². The summed E-state index contributed by atoms with van der Waals surface area (Å²) in [5.74, 6) is 0.262. The smallest absolute Gasteiger partial charge is 0.259 e. The molecule has 0 unspecified atom stereocenters. The van der Waals surface area contributed by atoms with Crippen LogP contribution in [0.4, 0.5) is 5.69 Å². The fourth-order valence-electron chi connectivity index (χ4n) is 4.22. The van der Waals surface area contributed by atoms with Crippen molar-refractivity contribution in [3.8, 4) is 0 Å². The SMILES string of the molecule is CC(C)N1CCc2cc(CNc3cc(Cl)ccc3S(=O)(=O)NNC(=O)CCC3CC3)ccc2C1=O. The van der Waals surface area contributed by atoms with Crippen molar-refractivity contribution in [3.05, 3.63) is 58.1 Å². The molecule has 8 nitrogen and oxygen atoms in total. The second-order valence-electron chi connectivity index (χ2n) is 9.46. The highest BCUT2D eigenvalue weighted by atomic mass is 35.5. The number of nitrogens with one attached hydrogen (secondary N) is 3. The highest BCUT2D eigenvalue weighted by Gasteiger charge is 2.26. The van der Waals surface area contributed by atoms with E-state index in [1.54, 1.807) is 0 Å². The average molecular weight is 519 g/mol. The summed E-state index contributed by atoms with van der Waals surface area (Å²) in [4.78, 5) is 28.7. The van der Waals surface area contributed by atoms with Crippen LogP contribution in [0.15, 0.2) is 41.3 Å². The number of carbonyl (C=O) groups excluding carboxylic acids is 2. The van der Waals surface area contributed by atoms with Gasteiger partial charge in [-0.25, -0.2) is 8.42 Å². The molecule has 0 bridgehead atoms. The number of halogens is 1. The van der Waals surface area contributed by atoms with Crippen LogP contribution in [0.2, 0.25) is 5.02 Å². The minimum atomic E-state index is -4.02. The lowest BCUT2D eigenvalue weighted by atomic mass is 9.96. The zero-order chi connectivity index (χ0) is 25.2. The Balaban J connectivity index is 1.44. The van der Waals surface area contributed by atoms with Gasteiger partial charge >= 0.3 is 0 Å². The number of sulfonamides is 1. The number of hydrogen-bond acceptors (Lipinski definition) is 5. The largest absolute Gasteiger partial charge is 0.380 e. The molecule has 0 spiro atoms. The second kappa shape index (κ2) is 10.6. The highest BCUT2D eigenvalue weighted by molar-refractivity contribution is 7.89. The lowest BCUT2D eigenvalue weighted by molar-refractivity contribution is -0.121. The third-order valence-corrected chi connectivity index (χ3v) is 7.96. The highest BCUT2D eigenvalue weighted by Crippen LogP contribution is 2.33. The summed E-state index contributed by atoms with van der Waals surface area (Å²) in [5, 5.41) is 3.53. The van der Waals surface area contributed by atoms with Crippen molar-refractivity contribution in [1.29, 1.82) is 0 Å². The van der Waals surface area contributed by atoms with Gasteiger partial charge in [0, 0.05) is 36.1 Å². The molecular formula is C25H31ClN4O4S. The number of nitrogens with zero attached hydrogens (tertiary/aromatic N) is 1. The first-order valence-corrected chi connectivity index (χ1v) is 13.8. The molecule has 2 aromatic rings. The molecular weight excluding hydrogens is 488 g/mol. The van der Waals surface area contributed by atoms with Gasteiger partial charge in [-0.3, -0.25) is 15.0 Å². The van der Waals surface area contributed by atoms with Gasteiger partial charge in [0.1, 0.15) is 4.90 Å². The Labute approximate surface area is 211 Å². The molecule has 4 rings (SSSR count). The van der Waals surface area contributed by atoms with Crippen LogP contribution in [-0.4, -0.2) is 37.7 Å². The summed E-state index contributed by atoms with van der Waals surface area (Å²) in [6, 6.07) is 10.2. The number of carbonyl (C=O) groups is 2. The van der Waals surface area contributed by atoms with Crippen molar-refractivity contribution in [2.75, 3.05) is 11.9 Å². The van der Waals surface area contributed by atoms with E-state index in [2.05, 4.69) is 15.6 Å². The van der Waals surface area contributed by atoms with E-state index in [1.807, 2.05) is 36.9 Å². The molecule has 2 amide bonds. The third kappa shape index (κ3) is 6.34. The Morgan fingerprint density at radius 1 is 1.17 bits per heavy atom. The summed E-state index contributed by atoms with van der Waals surface area (Å²) >= 11 is 6.14. The fourth-order valence-corrected chi connectivity index (χ4v) is 5.42. The van der Waals surface area contributed by atoms with Crippen LogP contribution in [-0.2, 0) is 27.8 Å². The van der Waals surface area contributed by atoms with Crippen molar-refractivity contribution in [2.24, 2.45) is 5.92 Å². The first-order valence-electron chi connectivity index (χ1n) is 11.9. The van der Waals surface area contributed by atoms with Gasteiger partial charge < -0.3 is 10.2 Å². The predicted molar refractivity (Wildman–Crippen MR) is 136 cm³/mol. The summed E-state index contributed by atoms with van der Waals surface area (Å²) in [6.45, 7) is 5.03. The van der Waals surface area contributed by atoms with Crippen LogP contribution in [0, 0.1) is 5.92 Å². The maximum absolute atomic E-state index is 12.9. The topological polar surface area (TPSA) is 108 Å². The van der Waals surface area contributed by atoms with E-state index in [0.717, 1.165) is 36.8 Å². The Hall–Kier alpha value is -2.62. The van der Waals surface area contributed by atoms with Crippen molar-refractivity contribution < 1.29 is 18.0 Å². The molecule has 0 saturated heterocycles. The number of anilines is 1. The number of fused-ring (bicyclic) bond motifs is 1. The van der Waals surface area contributed by atoms with E-state index >= 15 is 0 Å². The van der Waals surface area contributed by atoms with E-state index in [0.29, 0.717) is 35.3 Å². The number of hydrogen-bond donors (Lipinski definition) is 3. The number of hydrazine groups is 1. The minimum Gasteiger partial charge on any atom is -0.380 e. The molecule has 0 aromatic heterocycles. The molecule has 10 heteroatoms. The van der Waals surface area contributed by atoms with Gasteiger partial charge in [0.25, 0.3) is 15.9 Å². The summed E-state index contributed by atoms with van der Waals surface area (Å²) in [5.41, 5.74) is 5.23. The zero-order valence-electron chi connectivity index (χ0n) is 19.9. The Kier molecular flexibility index (Phi) is 7.68. The first kappa shape index (κ1) is 25.5. The number of benzene rings is 2. The molecule has 2 aromatic carbocycles. The molecule has 0 atom stereocenters. The minimum absolute atomic E-state index is 0.0231. The average Bonchev–Trinajstić information content (AvgIpc) is 3.64. The quantitative estimate of drug-likeness (QED) is 0.414. The van der Waals surface area contributed by atoms with Gasteiger partial charge in [-0.15, -0.1) is 4.83 Å². The second-order valence-corrected chi connectivity index (χ2v) is 11.6. The molecule has 1 aliphatic heterocycles. The Morgan fingerprint density at radius 3 is 2.66 bits per heavy atom. The maximum atomic E-state index is 12.9. The fraction of sp³-hybridized carbons (Fsp3) is 0.440. The summed E-state index contributed by atoms with van der Waals surface area (Å²) in [6.07, 6.45) is 4.09. The van der Waals surface area contributed by atoms with Gasteiger partial charge in [0.2, 0.25) is 5.91 Å². The summed E-state index contributed by atoms with van der Waals surface area (Å²) < 4.78 is 25.8. The van der Waals surface area contributed by atoms with Crippen LogP contribution in [0.3, 0.4) is 0 Å². The van der Waals surface area contributed by atoms with Gasteiger partial charge in [0.15, 0.2) is 0 Å². The van der Waals surface area contributed by atoms with Gasteiger partial charge in [-0.1, -0.05) is 36.6 Å². The first-order chi connectivity index (χ1) is 16.6. The molecule has 1 heterocycles. The van der Waals surface area contributed by atoms with Crippen molar-refractivity contribution in [3.63, 3.8) is 0 Å². The number of rotatable bonds is 10. The lowest BCUT2D eigenvalue weighted by Gasteiger charge is -2.32. The lowest BCUT2D eigenvalue weighted by Crippen LogP contribution is -2.42. The molecule has 3 N–H and O–H groups in total. The Morgan fingerprint density at radius 2 is 1.94 bits per heavy atom. The van der Waals surface area contributed by atoms with E-state index in [4.69, 9.17) is 11.6 Å². The van der Waals surface area contributed by atoms with Crippen LogP contribution in [0.25, 0.3) is 0 Å². The van der Waals surface area contributed by atoms with Crippen molar-refractivity contribution >= 4 is 39.1 Å².